The Bertz CT molecular complexity index is 1460. The summed E-state index contributed by atoms with van der Waals surface area (Å²) >= 11 is 3.61. The predicted octanol–water partition coefficient (Wildman–Crippen LogP) is 6.00. The average molecular weight is 556 g/mol. The molecule has 1 unspecified atom stereocenters. The zero-order chi connectivity index (χ0) is 25.6. The summed E-state index contributed by atoms with van der Waals surface area (Å²) in [7, 11) is 0. The zero-order valence-corrected chi connectivity index (χ0v) is 21.6. The van der Waals surface area contributed by atoms with E-state index in [1.54, 1.807) is 6.20 Å². The Labute approximate surface area is 223 Å². The predicted molar refractivity (Wildman–Crippen MR) is 147 cm³/mol. The maximum absolute atomic E-state index is 12.8. The molecule has 186 valence electrons. The van der Waals surface area contributed by atoms with Crippen molar-refractivity contribution in [3.05, 3.63) is 141 Å². The molecule has 0 aliphatic carbocycles. The highest BCUT2D eigenvalue weighted by molar-refractivity contribution is 9.10. The molecule has 7 heteroatoms. The van der Waals surface area contributed by atoms with Gasteiger partial charge in [-0.05, 0) is 32.6 Å². The van der Waals surface area contributed by atoms with Crippen LogP contribution in [0, 0.1) is 0 Å². The largest absolute Gasteiger partial charge is 0.481 e. The highest BCUT2D eigenvalue weighted by atomic mass is 79.9. The van der Waals surface area contributed by atoms with Gasteiger partial charge in [-0.3, -0.25) is 4.79 Å². The Balaban J connectivity index is 1.49. The zero-order valence-electron chi connectivity index (χ0n) is 20.0. The molecule has 2 heterocycles. The summed E-state index contributed by atoms with van der Waals surface area (Å²) < 4.78 is 14.4. The number of nitrogens with two attached hydrogens (primary N) is 1. The molecule has 0 radical (unpaired) electrons. The Morgan fingerprint density at radius 2 is 1.49 bits per heavy atom. The van der Waals surface area contributed by atoms with Gasteiger partial charge in [-0.15, -0.1) is 0 Å². The van der Waals surface area contributed by atoms with E-state index < -0.39 is 0 Å². The lowest BCUT2D eigenvalue weighted by Gasteiger charge is -2.26. The smallest absolute Gasteiger partial charge is 0.227 e. The highest BCUT2D eigenvalue weighted by Crippen LogP contribution is 2.32. The standard InChI is InChI=1S/C30H26BrN3O3/c31-26-18-33-30(29-28(25(35)16-17-36-29)37-20-21-10-4-1-5-11-21)34(26)19-24(32)27(22-12-6-2-7-13-22)23-14-8-3-9-15-23/h1-18,24,27H,19-20,32H2. The van der Waals surface area contributed by atoms with E-state index in [1.807, 2.05) is 71.3 Å². The second kappa shape index (κ2) is 11.4. The minimum Gasteiger partial charge on any atom is -0.481 e. The van der Waals surface area contributed by atoms with Gasteiger partial charge >= 0.3 is 0 Å². The minimum absolute atomic E-state index is 0.0545. The van der Waals surface area contributed by atoms with E-state index in [-0.39, 0.29) is 35.5 Å². The molecular weight excluding hydrogens is 530 g/mol. The summed E-state index contributed by atoms with van der Waals surface area (Å²) in [6.45, 7) is 0.648. The Morgan fingerprint density at radius 3 is 2.11 bits per heavy atom. The van der Waals surface area contributed by atoms with Gasteiger partial charge in [-0.25, -0.2) is 4.98 Å². The van der Waals surface area contributed by atoms with Gasteiger partial charge in [-0.2, -0.15) is 0 Å². The molecule has 0 aliphatic rings. The van der Waals surface area contributed by atoms with Crippen molar-refractivity contribution in [2.24, 2.45) is 5.73 Å². The summed E-state index contributed by atoms with van der Waals surface area (Å²) in [6.07, 6.45) is 3.03. The summed E-state index contributed by atoms with van der Waals surface area (Å²) in [6, 6.07) is 31.1. The number of hydrogen-bond acceptors (Lipinski definition) is 5. The number of aromatic nitrogens is 2. The number of rotatable bonds is 9. The van der Waals surface area contributed by atoms with Gasteiger partial charge in [0.15, 0.2) is 5.82 Å². The molecule has 3 aromatic carbocycles. The molecule has 6 nitrogen and oxygen atoms in total. The lowest BCUT2D eigenvalue weighted by Crippen LogP contribution is -2.34. The van der Waals surface area contributed by atoms with Crippen LogP contribution in [0.2, 0.25) is 0 Å². The maximum atomic E-state index is 12.8. The topological polar surface area (TPSA) is 83.3 Å². The Hall–Kier alpha value is -3.94. The van der Waals surface area contributed by atoms with Crippen LogP contribution in [-0.2, 0) is 13.2 Å². The normalized spacial score (nSPS) is 12.0. The van der Waals surface area contributed by atoms with Gasteiger partial charge in [0.05, 0.1) is 12.5 Å². The van der Waals surface area contributed by atoms with E-state index in [1.165, 1.54) is 12.3 Å². The minimum atomic E-state index is -0.307. The first kappa shape index (κ1) is 24.7. The third kappa shape index (κ3) is 5.58. The average Bonchev–Trinajstić information content (AvgIpc) is 3.29. The highest BCUT2D eigenvalue weighted by Gasteiger charge is 2.26. The van der Waals surface area contributed by atoms with E-state index in [0.29, 0.717) is 12.4 Å². The second-order valence-electron chi connectivity index (χ2n) is 8.70. The fraction of sp³-hybridized carbons (Fsp3) is 0.133. The first-order chi connectivity index (χ1) is 18.1. The van der Waals surface area contributed by atoms with Crippen LogP contribution in [0.1, 0.15) is 22.6 Å². The van der Waals surface area contributed by atoms with Crippen molar-refractivity contribution in [2.75, 3.05) is 0 Å². The van der Waals surface area contributed by atoms with E-state index in [2.05, 4.69) is 45.2 Å². The third-order valence-corrected chi connectivity index (χ3v) is 6.84. The van der Waals surface area contributed by atoms with Crippen molar-refractivity contribution < 1.29 is 9.15 Å². The van der Waals surface area contributed by atoms with Gasteiger partial charge in [0.1, 0.15) is 11.2 Å². The molecule has 0 saturated heterocycles. The van der Waals surface area contributed by atoms with Gasteiger partial charge in [0, 0.05) is 24.6 Å². The lowest BCUT2D eigenvalue weighted by molar-refractivity contribution is 0.294. The number of benzene rings is 3. The molecule has 0 amide bonds. The summed E-state index contributed by atoms with van der Waals surface area (Å²) in [5.41, 5.74) is 9.81. The van der Waals surface area contributed by atoms with Crippen LogP contribution in [0.15, 0.2) is 123 Å². The van der Waals surface area contributed by atoms with Crippen LogP contribution in [0.5, 0.6) is 5.75 Å². The first-order valence-electron chi connectivity index (χ1n) is 12.0. The molecule has 37 heavy (non-hydrogen) atoms. The van der Waals surface area contributed by atoms with Crippen LogP contribution in [-0.4, -0.2) is 15.6 Å². The number of halogens is 1. The van der Waals surface area contributed by atoms with Crippen molar-refractivity contribution in [3.8, 4) is 17.3 Å². The fourth-order valence-corrected chi connectivity index (χ4v) is 4.87. The first-order valence-corrected chi connectivity index (χ1v) is 12.8. The van der Waals surface area contributed by atoms with E-state index in [0.717, 1.165) is 21.3 Å². The Kier molecular flexibility index (Phi) is 7.63. The molecule has 2 aromatic heterocycles. The summed E-state index contributed by atoms with van der Waals surface area (Å²) in [5, 5.41) is 0. The fourth-order valence-electron chi connectivity index (χ4n) is 4.46. The van der Waals surface area contributed by atoms with Crippen LogP contribution in [0.3, 0.4) is 0 Å². The van der Waals surface area contributed by atoms with E-state index in [4.69, 9.17) is 14.9 Å². The molecule has 0 saturated carbocycles. The lowest BCUT2D eigenvalue weighted by atomic mass is 9.85. The summed E-state index contributed by atoms with van der Waals surface area (Å²) in [5.74, 6) is 0.781. The van der Waals surface area contributed by atoms with Gasteiger partial charge in [0.2, 0.25) is 16.9 Å². The molecule has 0 spiro atoms. The van der Waals surface area contributed by atoms with E-state index in [9.17, 15) is 4.79 Å². The number of hydrogen-bond donors (Lipinski definition) is 1. The SMILES string of the molecule is NC(Cn1c(Br)cnc1-c1occc(=O)c1OCc1ccccc1)C(c1ccccc1)c1ccccc1. The molecular formula is C30H26BrN3O3. The van der Waals surface area contributed by atoms with Crippen molar-refractivity contribution in [2.45, 2.75) is 25.1 Å². The third-order valence-electron chi connectivity index (χ3n) is 6.21. The van der Waals surface area contributed by atoms with Crippen LogP contribution in [0.25, 0.3) is 11.6 Å². The van der Waals surface area contributed by atoms with Crippen LogP contribution < -0.4 is 15.9 Å². The monoisotopic (exact) mass is 555 g/mol. The number of nitrogens with zero attached hydrogens (tertiary/aromatic N) is 2. The van der Waals surface area contributed by atoms with Crippen molar-refractivity contribution in [3.63, 3.8) is 0 Å². The summed E-state index contributed by atoms with van der Waals surface area (Å²) in [4.78, 5) is 17.3. The van der Waals surface area contributed by atoms with Crippen molar-refractivity contribution >= 4 is 15.9 Å². The molecule has 0 aliphatic heterocycles. The van der Waals surface area contributed by atoms with Crippen molar-refractivity contribution in [1.82, 2.24) is 9.55 Å². The number of imidazole rings is 1. The molecule has 5 rings (SSSR count). The van der Waals surface area contributed by atoms with Gasteiger partial charge in [-0.1, -0.05) is 91.0 Å². The van der Waals surface area contributed by atoms with Crippen molar-refractivity contribution in [1.29, 1.82) is 0 Å². The molecule has 1 atom stereocenters. The quantitative estimate of drug-likeness (QED) is 0.241. The molecule has 5 aromatic rings. The number of ether oxygens (including phenoxy) is 1. The Morgan fingerprint density at radius 1 is 0.892 bits per heavy atom. The maximum Gasteiger partial charge on any atom is 0.227 e. The van der Waals surface area contributed by atoms with Gasteiger partial charge in [0.25, 0.3) is 0 Å². The molecule has 0 bridgehead atoms. The van der Waals surface area contributed by atoms with Crippen LogP contribution >= 0.6 is 15.9 Å². The van der Waals surface area contributed by atoms with Crippen LogP contribution in [0.4, 0.5) is 0 Å². The molecule has 0 fully saturated rings. The van der Waals surface area contributed by atoms with Gasteiger partial charge < -0.3 is 19.5 Å². The van der Waals surface area contributed by atoms with E-state index >= 15 is 0 Å². The molecule has 2 N–H and O–H groups in total. The second-order valence-corrected chi connectivity index (χ2v) is 9.51.